The molecule has 2 atom stereocenters. The van der Waals surface area contributed by atoms with Gasteiger partial charge in [-0.25, -0.2) is 0 Å². The van der Waals surface area contributed by atoms with Gasteiger partial charge in [-0.2, -0.15) is 0 Å². The number of halogens is 1. The smallest absolute Gasteiger partial charge is 0.125 e. The fraction of sp³-hybridized carbons (Fsp3) is 0.600. The van der Waals surface area contributed by atoms with E-state index in [0.717, 1.165) is 55.2 Å². The van der Waals surface area contributed by atoms with E-state index in [2.05, 4.69) is 0 Å². The van der Waals surface area contributed by atoms with E-state index >= 15 is 0 Å². The summed E-state index contributed by atoms with van der Waals surface area (Å²) in [6.45, 7) is 1.58. The van der Waals surface area contributed by atoms with Crippen LogP contribution in [-0.2, 0) is 17.6 Å². The van der Waals surface area contributed by atoms with E-state index in [-0.39, 0.29) is 12.1 Å². The predicted molar refractivity (Wildman–Crippen MR) is 75.9 cm³/mol. The number of fused-ring (bicyclic) bond motifs is 1. The number of nitrogens with two attached hydrogens (primary N) is 1. The average molecular weight is 282 g/mol. The average Bonchev–Trinajstić information content (AvgIpc) is 2.88. The Hall–Kier alpha value is -0.770. The van der Waals surface area contributed by atoms with Crippen LogP contribution in [0.4, 0.5) is 0 Å². The highest BCUT2D eigenvalue weighted by Crippen LogP contribution is 2.34. The Kier molecular flexibility index (Phi) is 3.96. The first-order valence-corrected chi connectivity index (χ1v) is 7.43. The van der Waals surface area contributed by atoms with Gasteiger partial charge in [0.15, 0.2) is 0 Å². The van der Waals surface area contributed by atoms with Gasteiger partial charge < -0.3 is 15.2 Å². The number of ether oxygens (including phenoxy) is 2. The fourth-order valence-corrected chi connectivity index (χ4v) is 3.25. The zero-order valence-corrected chi connectivity index (χ0v) is 11.8. The highest BCUT2D eigenvalue weighted by Gasteiger charge is 2.25. The van der Waals surface area contributed by atoms with E-state index in [0.29, 0.717) is 0 Å². The summed E-state index contributed by atoms with van der Waals surface area (Å²) < 4.78 is 11.5. The van der Waals surface area contributed by atoms with Crippen LogP contribution in [0.25, 0.3) is 0 Å². The van der Waals surface area contributed by atoms with Crippen molar-refractivity contribution in [2.45, 2.75) is 44.2 Å². The molecule has 2 N–H and O–H groups in total. The van der Waals surface area contributed by atoms with Crippen molar-refractivity contribution < 1.29 is 9.47 Å². The largest absolute Gasteiger partial charge is 0.493 e. The minimum atomic E-state index is 0.0204. The van der Waals surface area contributed by atoms with Gasteiger partial charge in [0.1, 0.15) is 5.75 Å². The molecule has 2 aliphatic rings. The molecule has 0 aromatic heterocycles. The maximum atomic E-state index is 6.30. The van der Waals surface area contributed by atoms with Crippen molar-refractivity contribution in [3.63, 3.8) is 0 Å². The Morgan fingerprint density at radius 1 is 1.32 bits per heavy atom. The molecule has 0 radical (unpaired) electrons. The van der Waals surface area contributed by atoms with Gasteiger partial charge in [-0.1, -0.05) is 11.6 Å². The molecule has 0 saturated carbocycles. The first kappa shape index (κ1) is 13.2. The van der Waals surface area contributed by atoms with Crippen LogP contribution in [0.1, 0.15) is 30.4 Å². The zero-order valence-electron chi connectivity index (χ0n) is 11.0. The molecule has 104 valence electrons. The van der Waals surface area contributed by atoms with Gasteiger partial charge in [0.25, 0.3) is 0 Å². The zero-order chi connectivity index (χ0) is 13.2. The monoisotopic (exact) mass is 281 g/mol. The Bertz CT molecular complexity index is 458. The molecule has 0 spiro atoms. The molecule has 1 fully saturated rings. The fourth-order valence-electron chi connectivity index (χ4n) is 2.99. The molecule has 2 unspecified atom stereocenters. The minimum absolute atomic E-state index is 0.0204. The minimum Gasteiger partial charge on any atom is -0.493 e. The summed E-state index contributed by atoms with van der Waals surface area (Å²) in [5.41, 5.74) is 8.64. The third-order valence-corrected chi connectivity index (χ3v) is 4.19. The van der Waals surface area contributed by atoms with Crippen molar-refractivity contribution >= 4 is 11.6 Å². The summed E-state index contributed by atoms with van der Waals surface area (Å²) in [6, 6.07) is 4.00. The molecule has 1 saturated heterocycles. The van der Waals surface area contributed by atoms with E-state index in [1.54, 1.807) is 0 Å². The van der Waals surface area contributed by atoms with Crippen LogP contribution in [0, 0.1) is 0 Å². The van der Waals surface area contributed by atoms with Crippen molar-refractivity contribution in [3.8, 4) is 5.75 Å². The molecule has 3 nitrogen and oxygen atoms in total. The second-order valence-electron chi connectivity index (χ2n) is 5.42. The van der Waals surface area contributed by atoms with Gasteiger partial charge in [0.05, 0.1) is 12.7 Å². The normalized spacial score (nSPS) is 23.8. The highest BCUT2D eigenvalue weighted by atomic mass is 35.5. The summed E-state index contributed by atoms with van der Waals surface area (Å²) in [6.07, 6.45) is 5.31. The highest BCUT2D eigenvalue weighted by molar-refractivity contribution is 6.30. The lowest BCUT2D eigenvalue weighted by Gasteiger charge is -2.28. The number of hydrogen-bond donors (Lipinski definition) is 1. The molecule has 0 amide bonds. The summed E-state index contributed by atoms with van der Waals surface area (Å²) >= 11 is 6.17. The first-order valence-electron chi connectivity index (χ1n) is 7.05. The Balaban J connectivity index is 1.75. The van der Waals surface area contributed by atoms with Crippen LogP contribution in [0.2, 0.25) is 5.02 Å². The summed E-state index contributed by atoms with van der Waals surface area (Å²) in [5, 5.41) is 0.774. The van der Waals surface area contributed by atoms with Crippen molar-refractivity contribution in [3.05, 3.63) is 28.3 Å². The van der Waals surface area contributed by atoms with Crippen LogP contribution in [0.15, 0.2) is 12.1 Å². The molecule has 2 aliphatic heterocycles. The Morgan fingerprint density at radius 2 is 2.21 bits per heavy atom. The maximum absolute atomic E-state index is 6.30. The molecule has 1 aromatic carbocycles. The van der Waals surface area contributed by atoms with E-state index in [9.17, 15) is 0 Å². The lowest BCUT2D eigenvalue weighted by molar-refractivity contribution is 0.000557. The van der Waals surface area contributed by atoms with Gasteiger partial charge in [0, 0.05) is 24.1 Å². The molecule has 0 aliphatic carbocycles. The van der Waals surface area contributed by atoms with Crippen LogP contribution >= 0.6 is 11.6 Å². The van der Waals surface area contributed by atoms with Crippen molar-refractivity contribution in [1.29, 1.82) is 0 Å². The van der Waals surface area contributed by atoms with Crippen LogP contribution < -0.4 is 10.5 Å². The number of benzene rings is 1. The molecule has 1 aromatic rings. The summed E-state index contributed by atoms with van der Waals surface area (Å²) in [5.74, 6) is 0.996. The topological polar surface area (TPSA) is 44.5 Å². The van der Waals surface area contributed by atoms with Crippen LogP contribution in [0.3, 0.4) is 0 Å². The quantitative estimate of drug-likeness (QED) is 0.926. The van der Waals surface area contributed by atoms with Gasteiger partial charge in [-0.15, -0.1) is 0 Å². The van der Waals surface area contributed by atoms with Crippen molar-refractivity contribution in [2.24, 2.45) is 5.73 Å². The second-order valence-corrected chi connectivity index (χ2v) is 5.86. The van der Waals surface area contributed by atoms with Gasteiger partial charge in [0.2, 0.25) is 0 Å². The van der Waals surface area contributed by atoms with E-state index in [1.165, 1.54) is 12.0 Å². The van der Waals surface area contributed by atoms with Gasteiger partial charge >= 0.3 is 0 Å². The van der Waals surface area contributed by atoms with E-state index in [4.69, 9.17) is 26.8 Å². The lowest BCUT2D eigenvalue weighted by atomic mass is 9.95. The summed E-state index contributed by atoms with van der Waals surface area (Å²) in [4.78, 5) is 0. The molecule has 19 heavy (non-hydrogen) atoms. The van der Waals surface area contributed by atoms with E-state index in [1.807, 2.05) is 12.1 Å². The van der Waals surface area contributed by atoms with Crippen LogP contribution in [-0.4, -0.2) is 25.4 Å². The molecule has 2 heterocycles. The first-order chi connectivity index (χ1) is 9.24. The molecular formula is C15H20ClNO2. The third kappa shape index (κ3) is 2.88. The maximum Gasteiger partial charge on any atom is 0.125 e. The predicted octanol–water partition coefficient (Wildman–Crippen LogP) is 2.71. The van der Waals surface area contributed by atoms with Gasteiger partial charge in [-0.3, -0.25) is 0 Å². The Labute approximate surface area is 119 Å². The SMILES string of the molecule is NC(Cc1cc(Cl)cc2c1OCC2)C1CCCCO1. The molecular weight excluding hydrogens is 262 g/mol. The van der Waals surface area contributed by atoms with Gasteiger partial charge in [-0.05, 0) is 48.9 Å². The Morgan fingerprint density at radius 3 is 3.00 bits per heavy atom. The standard InChI is InChI=1S/C15H20ClNO2/c16-12-7-10-4-6-19-15(10)11(8-12)9-13(17)14-3-1-2-5-18-14/h7-8,13-14H,1-6,9,17H2. The van der Waals surface area contributed by atoms with E-state index < -0.39 is 0 Å². The number of hydrogen-bond acceptors (Lipinski definition) is 3. The molecule has 4 heteroatoms. The van der Waals surface area contributed by atoms with Crippen LogP contribution in [0.5, 0.6) is 5.75 Å². The lowest BCUT2D eigenvalue weighted by Crippen LogP contribution is -2.40. The molecule has 0 bridgehead atoms. The second kappa shape index (κ2) is 5.70. The van der Waals surface area contributed by atoms with Crippen molar-refractivity contribution in [2.75, 3.05) is 13.2 Å². The molecule has 3 rings (SSSR count). The van der Waals surface area contributed by atoms with Crippen molar-refractivity contribution in [1.82, 2.24) is 0 Å². The third-order valence-electron chi connectivity index (χ3n) is 3.97. The number of rotatable bonds is 3. The summed E-state index contributed by atoms with van der Waals surface area (Å²) in [7, 11) is 0.